The van der Waals surface area contributed by atoms with Gasteiger partial charge in [-0.1, -0.05) is 30.8 Å². The molecule has 1 aromatic carbocycles. The van der Waals surface area contributed by atoms with Crippen molar-refractivity contribution in [2.45, 2.75) is 45.6 Å². The number of carbonyl (C=O) groups excluding carboxylic acids is 2. The summed E-state index contributed by atoms with van der Waals surface area (Å²) in [7, 11) is 0. The summed E-state index contributed by atoms with van der Waals surface area (Å²) in [6.07, 6.45) is 0.956. The molecular formula is C22H25N3O3S2. The number of rotatable bonds is 8. The Balaban J connectivity index is 1.66. The molecule has 1 N–H and O–H groups in total. The maximum Gasteiger partial charge on any atom is 0.311 e. The van der Waals surface area contributed by atoms with Crippen molar-refractivity contribution < 1.29 is 14.3 Å². The molecule has 0 bridgehead atoms. The van der Waals surface area contributed by atoms with Gasteiger partial charge in [-0.3, -0.25) is 9.59 Å². The van der Waals surface area contributed by atoms with Gasteiger partial charge in [-0.05, 0) is 49.9 Å². The average molecular weight is 444 g/mol. The predicted octanol–water partition coefficient (Wildman–Crippen LogP) is 4.71. The number of ether oxygens (including phenoxy) is 1. The molecule has 30 heavy (non-hydrogen) atoms. The van der Waals surface area contributed by atoms with Gasteiger partial charge < -0.3 is 10.1 Å². The number of hydrogen-bond donors (Lipinski definition) is 1. The fourth-order valence-corrected chi connectivity index (χ4v) is 4.59. The lowest BCUT2D eigenvalue weighted by molar-refractivity contribution is -0.142. The minimum Gasteiger partial charge on any atom is -0.466 e. The first-order valence-electron chi connectivity index (χ1n) is 9.83. The molecule has 0 saturated heterocycles. The van der Waals surface area contributed by atoms with Gasteiger partial charge in [0.2, 0.25) is 5.91 Å². The number of aromatic nitrogens is 2. The predicted molar refractivity (Wildman–Crippen MR) is 122 cm³/mol. The molecule has 3 rings (SSSR count). The van der Waals surface area contributed by atoms with Gasteiger partial charge in [0.05, 0.1) is 30.0 Å². The van der Waals surface area contributed by atoms with Crippen LogP contribution in [0.4, 0.5) is 5.13 Å². The van der Waals surface area contributed by atoms with Crippen LogP contribution in [-0.4, -0.2) is 34.2 Å². The lowest BCUT2D eigenvalue weighted by Crippen LogP contribution is -2.14. The second-order valence-corrected chi connectivity index (χ2v) is 8.67. The molecule has 6 nitrogen and oxygen atoms in total. The number of nitrogens with zero attached hydrogens (tertiary/aromatic N) is 2. The van der Waals surface area contributed by atoms with Gasteiger partial charge in [-0.2, -0.15) is 0 Å². The van der Waals surface area contributed by atoms with Crippen LogP contribution >= 0.6 is 23.1 Å². The van der Waals surface area contributed by atoms with Gasteiger partial charge in [-0.25, -0.2) is 9.97 Å². The molecular weight excluding hydrogens is 418 g/mol. The van der Waals surface area contributed by atoms with Crippen molar-refractivity contribution in [1.29, 1.82) is 0 Å². The van der Waals surface area contributed by atoms with Gasteiger partial charge in [0.15, 0.2) is 5.13 Å². The lowest BCUT2D eigenvalue weighted by atomic mass is 10.0. The van der Waals surface area contributed by atoms with Crippen molar-refractivity contribution in [3.8, 4) is 0 Å². The van der Waals surface area contributed by atoms with Crippen LogP contribution in [0.5, 0.6) is 0 Å². The Labute approximate surface area is 184 Å². The molecule has 2 heterocycles. The molecule has 0 fully saturated rings. The number of fused-ring (bicyclic) bond motifs is 1. The van der Waals surface area contributed by atoms with Crippen molar-refractivity contribution in [3.63, 3.8) is 0 Å². The van der Waals surface area contributed by atoms with Crippen LogP contribution in [0.2, 0.25) is 0 Å². The highest BCUT2D eigenvalue weighted by Gasteiger charge is 2.13. The van der Waals surface area contributed by atoms with Crippen LogP contribution in [0.3, 0.4) is 0 Å². The van der Waals surface area contributed by atoms with Crippen molar-refractivity contribution in [2.24, 2.45) is 0 Å². The molecule has 3 aromatic rings. The van der Waals surface area contributed by atoms with Crippen molar-refractivity contribution in [3.05, 3.63) is 46.0 Å². The van der Waals surface area contributed by atoms with Gasteiger partial charge >= 0.3 is 5.97 Å². The van der Waals surface area contributed by atoms with E-state index in [0.29, 0.717) is 17.4 Å². The molecule has 158 valence electrons. The van der Waals surface area contributed by atoms with Crippen molar-refractivity contribution in [2.75, 3.05) is 17.7 Å². The molecule has 0 unspecified atom stereocenters. The van der Waals surface area contributed by atoms with Crippen LogP contribution in [0.15, 0.2) is 28.6 Å². The maximum absolute atomic E-state index is 12.4. The Bertz CT molecular complexity index is 1080. The van der Waals surface area contributed by atoms with E-state index in [4.69, 9.17) is 9.72 Å². The van der Waals surface area contributed by atoms with Crippen LogP contribution in [0.1, 0.15) is 36.2 Å². The van der Waals surface area contributed by atoms with Crippen molar-refractivity contribution in [1.82, 2.24) is 9.97 Å². The van der Waals surface area contributed by atoms with E-state index in [1.165, 1.54) is 34.2 Å². The standard InChI is InChI=1S/C22H25N3O3S2/c1-5-15-9-16-8-7-13(3)14(4)20(16)25-21(15)29-12-18(26)24-22-23-17(11-30-22)10-19(27)28-6-2/h7-9,11H,5-6,10,12H2,1-4H3,(H,23,24,26). The van der Waals surface area contributed by atoms with Crippen LogP contribution in [0.25, 0.3) is 10.9 Å². The molecule has 1 amide bonds. The van der Waals surface area contributed by atoms with Crippen LogP contribution in [0, 0.1) is 13.8 Å². The van der Waals surface area contributed by atoms with E-state index < -0.39 is 0 Å². The highest BCUT2D eigenvalue weighted by atomic mass is 32.2. The number of esters is 1. The zero-order valence-corrected chi connectivity index (χ0v) is 19.2. The Morgan fingerprint density at radius 1 is 1.20 bits per heavy atom. The number of carbonyl (C=O) groups is 2. The summed E-state index contributed by atoms with van der Waals surface area (Å²) in [4.78, 5) is 33.1. The second-order valence-electron chi connectivity index (χ2n) is 6.85. The summed E-state index contributed by atoms with van der Waals surface area (Å²) in [5.41, 5.74) is 5.08. The number of anilines is 1. The average Bonchev–Trinajstić information content (AvgIpc) is 3.15. The first-order chi connectivity index (χ1) is 14.4. The molecule has 2 aromatic heterocycles. The quantitative estimate of drug-likeness (QED) is 0.401. The maximum atomic E-state index is 12.4. The van der Waals surface area contributed by atoms with Gasteiger partial charge in [0.1, 0.15) is 5.03 Å². The molecule has 0 radical (unpaired) electrons. The fourth-order valence-electron chi connectivity index (χ4n) is 2.98. The normalized spacial score (nSPS) is 10.9. The summed E-state index contributed by atoms with van der Waals surface area (Å²) in [5, 5.41) is 7.05. The van der Waals surface area contributed by atoms with E-state index in [2.05, 4.69) is 49.3 Å². The fraction of sp³-hybridized carbons (Fsp3) is 0.364. The number of pyridine rings is 1. The smallest absolute Gasteiger partial charge is 0.311 e. The minimum atomic E-state index is -0.323. The Hall–Kier alpha value is -2.45. The number of thioether (sulfide) groups is 1. The van der Waals surface area contributed by atoms with E-state index in [9.17, 15) is 9.59 Å². The molecule has 0 atom stereocenters. The summed E-state index contributed by atoms with van der Waals surface area (Å²) in [6.45, 7) is 8.35. The summed E-state index contributed by atoms with van der Waals surface area (Å²) in [5.74, 6) is -0.235. The Morgan fingerprint density at radius 2 is 2.00 bits per heavy atom. The molecule has 0 aliphatic heterocycles. The summed E-state index contributed by atoms with van der Waals surface area (Å²) >= 11 is 2.73. The first-order valence-corrected chi connectivity index (χ1v) is 11.7. The number of benzene rings is 1. The monoisotopic (exact) mass is 443 g/mol. The molecule has 8 heteroatoms. The highest BCUT2D eigenvalue weighted by molar-refractivity contribution is 8.00. The van der Waals surface area contributed by atoms with Gasteiger partial charge in [0, 0.05) is 10.8 Å². The highest BCUT2D eigenvalue weighted by Crippen LogP contribution is 2.28. The van der Waals surface area contributed by atoms with E-state index >= 15 is 0 Å². The number of nitrogens with one attached hydrogen (secondary N) is 1. The van der Waals surface area contributed by atoms with Gasteiger partial charge in [-0.15, -0.1) is 11.3 Å². The van der Waals surface area contributed by atoms with Crippen LogP contribution in [-0.2, 0) is 27.2 Å². The van der Waals surface area contributed by atoms with Crippen molar-refractivity contribution >= 4 is 51.0 Å². The summed E-state index contributed by atoms with van der Waals surface area (Å²) in [6, 6.07) is 6.38. The first kappa shape index (κ1) is 22.2. The molecule has 0 aliphatic rings. The van der Waals surface area contributed by atoms with E-state index in [0.717, 1.165) is 27.9 Å². The Morgan fingerprint density at radius 3 is 2.73 bits per heavy atom. The third-order valence-electron chi connectivity index (χ3n) is 4.70. The number of thiazole rings is 1. The number of amides is 1. The second kappa shape index (κ2) is 10.0. The van der Waals surface area contributed by atoms with Gasteiger partial charge in [0.25, 0.3) is 0 Å². The van der Waals surface area contributed by atoms with E-state index in [1.807, 2.05) is 0 Å². The topological polar surface area (TPSA) is 81.2 Å². The largest absolute Gasteiger partial charge is 0.466 e. The zero-order chi connectivity index (χ0) is 21.7. The molecule has 0 aliphatic carbocycles. The Kier molecular flexibility index (Phi) is 7.44. The van der Waals surface area contributed by atoms with E-state index in [-0.39, 0.29) is 24.1 Å². The number of aryl methyl sites for hydroxylation is 3. The minimum absolute atomic E-state index is 0.106. The number of hydrogen-bond acceptors (Lipinski definition) is 7. The summed E-state index contributed by atoms with van der Waals surface area (Å²) < 4.78 is 4.92. The zero-order valence-electron chi connectivity index (χ0n) is 17.6. The van der Waals surface area contributed by atoms with E-state index in [1.54, 1.807) is 12.3 Å². The van der Waals surface area contributed by atoms with Crippen LogP contribution < -0.4 is 5.32 Å². The molecule has 0 saturated carbocycles. The third kappa shape index (κ3) is 5.37. The lowest BCUT2D eigenvalue weighted by Gasteiger charge is -2.11. The molecule has 0 spiro atoms. The SMILES string of the molecule is CCOC(=O)Cc1csc(NC(=O)CSc2nc3c(C)c(C)ccc3cc2CC)n1. The third-order valence-corrected chi connectivity index (χ3v) is 6.54.